The van der Waals surface area contributed by atoms with Crippen LogP contribution in [0.2, 0.25) is 0 Å². The molecule has 0 fully saturated rings. The Morgan fingerprint density at radius 1 is 1.50 bits per heavy atom. The molecule has 12 heavy (non-hydrogen) atoms. The quantitative estimate of drug-likeness (QED) is 0.683. The molecule has 0 saturated carbocycles. The third kappa shape index (κ3) is 3.05. The fraction of sp³-hybridized carbons (Fsp3) is 0.222. The lowest BCUT2D eigenvalue weighted by Gasteiger charge is -2.00. The molecule has 1 aromatic rings. The summed E-state index contributed by atoms with van der Waals surface area (Å²) in [6.45, 7) is 0.616. The van der Waals surface area contributed by atoms with Gasteiger partial charge in [0.2, 0.25) is 5.88 Å². The highest BCUT2D eigenvalue weighted by Gasteiger charge is 1.89. The molecule has 3 heteroatoms. The average molecular weight is 164 g/mol. The fourth-order valence-electron chi connectivity index (χ4n) is 0.760. The highest BCUT2D eigenvalue weighted by Crippen LogP contribution is 2.03. The zero-order valence-corrected chi connectivity index (χ0v) is 6.81. The minimum atomic E-state index is 0.616. The monoisotopic (exact) mass is 164 g/mol. The van der Waals surface area contributed by atoms with Gasteiger partial charge >= 0.3 is 0 Å². The van der Waals surface area contributed by atoms with Crippen LogP contribution < -0.4 is 10.5 Å². The third-order valence-corrected chi connectivity index (χ3v) is 1.31. The number of pyridine rings is 1. The second-order valence-electron chi connectivity index (χ2n) is 2.23. The van der Waals surface area contributed by atoms with E-state index in [-0.39, 0.29) is 0 Å². The number of aromatic nitrogens is 1. The maximum absolute atomic E-state index is 5.29. The molecule has 0 unspecified atom stereocenters. The maximum atomic E-state index is 5.29. The van der Waals surface area contributed by atoms with E-state index in [1.807, 2.05) is 24.3 Å². The summed E-state index contributed by atoms with van der Waals surface area (Å²) in [5.74, 6) is 0.655. The molecule has 0 spiro atoms. The van der Waals surface area contributed by atoms with Gasteiger partial charge in [0.25, 0.3) is 0 Å². The molecular formula is C9H12N2O. The Kier molecular flexibility index (Phi) is 3.71. The standard InChI is InChI=1S/C9H12N2O/c10-6-2-4-8-12-9-5-1-3-7-11-9/h1-3,5-7H,4,8,10H2. The van der Waals surface area contributed by atoms with Gasteiger partial charge in [-0.1, -0.05) is 12.1 Å². The van der Waals surface area contributed by atoms with Gasteiger partial charge in [0.15, 0.2) is 0 Å². The van der Waals surface area contributed by atoms with Gasteiger partial charge < -0.3 is 10.5 Å². The highest BCUT2D eigenvalue weighted by atomic mass is 16.5. The van der Waals surface area contributed by atoms with Crippen molar-refractivity contribution in [1.82, 2.24) is 4.98 Å². The van der Waals surface area contributed by atoms with Gasteiger partial charge in [0.05, 0.1) is 6.61 Å². The van der Waals surface area contributed by atoms with Crippen LogP contribution in [0.25, 0.3) is 0 Å². The van der Waals surface area contributed by atoms with Gasteiger partial charge in [-0.15, -0.1) is 0 Å². The number of rotatable bonds is 4. The van der Waals surface area contributed by atoms with Crippen molar-refractivity contribution in [1.29, 1.82) is 0 Å². The molecule has 64 valence electrons. The molecule has 0 amide bonds. The summed E-state index contributed by atoms with van der Waals surface area (Å²) in [6.07, 6.45) is 5.88. The van der Waals surface area contributed by atoms with Crippen molar-refractivity contribution in [3.8, 4) is 5.88 Å². The Labute approximate surface area is 71.9 Å². The Hall–Kier alpha value is -1.51. The minimum absolute atomic E-state index is 0.616. The second-order valence-corrected chi connectivity index (χ2v) is 2.23. The summed E-state index contributed by atoms with van der Waals surface area (Å²) in [7, 11) is 0. The van der Waals surface area contributed by atoms with Crippen LogP contribution >= 0.6 is 0 Å². The van der Waals surface area contributed by atoms with E-state index in [2.05, 4.69) is 4.98 Å². The molecule has 0 aliphatic carbocycles. The molecule has 0 radical (unpaired) electrons. The number of ether oxygens (including phenoxy) is 1. The van der Waals surface area contributed by atoms with E-state index < -0.39 is 0 Å². The number of hydrogen-bond acceptors (Lipinski definition) is 3. The molecule has 1 rings (SSSR count). The van der Waals surface area contributed by atoms with Gasteiger partial charge in [-0.05, 0) is 12.3 Å². The van der Waals surface area contributed by atoms with Crippen LogP contribution in [0, 0.1) is 0 Å². The fourth-order valence-corrected chi connectivity index (χ4v) is 0.760. The molecule has 0 bridgehead atoms. The molecule has 3 nitrogen and oxygen atoms in total. The molecule has 0 aliphatic heterocycles. The van der Waals surface area contributed by atoms with Gasteiger partial charge in [-0.3, -0.25) is 0 Å². The molecule has 0 aromatic carbocycles. The largest absolute Gasteiger partial charge is 0.477 e. The van der Waals surface area contributed by atoms with Crippen LogP contribution in [0.5, 0.6) is 5.88 Å². The molecule has 0 saturated heterocycles. The zero-order valence-electron chi connectivity index (χ0n) is 6.81. The topological polar surface area (TPSA) is 48.1 Å². The van der Waals surface area contributed by atoms with Crippen LogP contribution in [-0.2, 0) is 0 Å². The zero-order chi connectivity index (χ0) is 8.65. The summed E-state index contributed by atoms with van der Waals surface area (Å²) in [5, 5.41) is 0. The first-order valence-corrected chi connectivity index (χ1v) is 3.84. The van der Waals surface area contributed by atoms with Crippen LogP contribution in [0.4, 0.5) is 0 Å². The Morgan fingerprint density at radius 3 is 3.08 bits per heavy atom. The number of hydrogen-bond donors (Lipinski definition) is 1. The van der Waals surface area contributed by atoms with Crippen LogP contribution in [0.1, 0.15) is 6.42 Å². The first-order valence-electron chi connectivity index (χ1n) is 3.84. The normalized spacial score (nSPS) is 10.3. The SMILES string of the molecule is NC=CCCOc1ccccn1. The van der Waals surface area contributed by atoms with E-state index in [4.69, 9.17) is 10.5 Å². The van der Waals surface area contributed by atoms with Crippen molar-refractivity contribution < 1.29 is 4.74 Å². The van der Waals surface area contributed by atoms with E-state index in [1.54, 1.807) is 6.20 Å². The lowest BCUT2D eigenvalue weighted by molar-refractivity contribution is 0.312. The number of nitrogens with two attached hydrogens (primary N) is 1. The van der Waals surface area contributed by atoms with Crippen LogP contribution in [0.3, 0.4) is 0 Å². The van der Waals surface area contributed by atoms with Crippen molar-refractivity contribution in [2.45, 2.75) is 6.42 Å². The highest BCUT2D eigenvalue weighted by molar-refractivity contribution is 5.08. The Bertz CT molecular complexity index is 234. The predicted octanol–water partition coefficient (Wildman–Crippen LogP) is 1.32. The lowest BCUT2D eigenvalue weighted by Crippen LogP contribution is -1.97. The minimum Gasteiger partial charge on any atom is -0.477 e. The third-order valence-electron chi connectivity index (χ3n) is 1.31. The summed E-state index contributed by atoms with van der Waals surface area (Å²) in [5.41, 5.74) is 5.16. The smallest absolute Gasteiger partial charge is 0.213 e. The van der Waals surface area contributed by atoms with Crippen molar-refractivity contribution in [3.63, 3.8) is 0 Å². The van der Waals surface area contributed by atoms with Crippen LogP contribution in [0.15, 0.2) is 36.7 Å². The molecule has 0 aliphatic rings. The van der Waals surface area contributed by atoms with E-state index in [0.29, 0.717) is 12.5 Å². The van der Waals surface area contributed by atoms with E-state index in [1.165, 1.54) is 6.20 Å². The Morgan fingerprint density at radius 2 is 2.42 bits per heavy atom. The molecule has 1 heterocycles. The maximum Gasteiger partial charge on any atom is 0.213 e. The van der Waals surface area contributed by atoms with E-state index in [0.717, 1.165) is 6.42 Å². The summed E-state index contributed by atoms with van der Waals surface area (Å²) < 4.78 is 5.29. The van der Waals surface area contributed by atoms with Gasteiger partial charge in [0.1, 0.15) is 0 Å². The number of nitrogens with zero attached hydrogens (tertiary/aromatic N) is 1. The summed E-state index contributed by atoms with van der Waals surface area (Å²) >= 11 is 0. The van der Waals surface area contributed by atoms with E-state index in [9.17, 15) is 0 Å². The Balaban J connectivity index is 2.24. The van der Waals surface area contributed by atoms with Crippen molar-refractivity contribution >= 4 is 0 Å². The average Bonchev–Trinajstić information content (AvgIpc) is 2.14. The molecule has 1 aromatic heterocycles. The van der Waals surface area contributed by atoms with Gasteiger partial charge in [-0.25, -0.2) is 4.98 Å². The molecule has 0 atom stereocenters. The predicted molar refractivity (Wildman–Crippen MR) is 47.7 cm³/mol. The van der Waals surface area contributed by atoms with Crippen LogP contribution in [-0.4, -0.2) is 11.6 Å². The second kappa shape index (κ2) is 5.18. The van der Waals surface area contributed by atoms with Crippen molar-refractivity contribution in [2.24, 2.45) is 5.73 Å². The summed E-state index contributed by atoms with van der Waals surface area (Å²) in [4.78, 5) is 4.00. The van der Waals surface area contributed by atoms with Crippen molar-refractivity contribution in [3.05, 3.63) is 36.7 Å². The molecular weight excluding hydrogens is 152 g/mol. The van der Waals surface area contributed by atoms with E-state index >= 15 is 0 Å². The van der Waals surface area contributed by atoms with Crippen molar-refractivity contribution in [2.75, 3.05) is 6.61 Å². The first-order chi connectivity index (χ1) is 5.93. The van der Waals surface area contributed by atoms with Gasteiger partial charge in [-0.2, -0.15) is 0 Å². The molecule has 2 N–H and O–H groups in total. The van der Waals surface area contributed by atoms with Gasteiger partial charge in [0, 0.05) is 18.7 Å². The first kappa shape index (κ1) is 8.59. The lowest BCUT2D eigenvalue weighted by atomic mass is 10.4. The summed E-state index contributed by atoms with van der Waals surface area (Å²) in [6, 6.07) is 5.57.